The molecule has 0 atom stereocenters. The zero-order chi connectivity index (χ0) is 29.8. The van der Waals surface area contributed by atoms with E-state index in [0.717, 1.165) is 27.6 Å². The molecule has 0 bridgehead atoms. The number of amides is 1. The molecule has 0 saturated heterocycles. The third-order valence-corrected chi connectivity index (χ3v) is 9.44. The SMILES string of the molecule is CNC(=O)c1c(-c2ccc(C)cc2)oc2cc(N(C)S(C)(=O)=O)c(-c3cccc(-c4nc5ccc(F)cc5s4)c3)cc12. The number of nitrogens with zero attached hydrogens (tertiary/aromatic N) is 2. The number of nitrogens with one attached hydrogen (secondary N) is 1. The van der Waals surface area contributed by atoms with E-state index < -0.39 is 10.0 Å². The summed E-state index contributed by atoms with van der Waals surface area (Å²) in [6, 6.07) is 23.1. The second-order valence-corrected chi connectivity index (χ2v) is 13.1. The van der Waals surface area contributed by atoms with Crippen molar-refractivity contribution in [2.45, 2.75) is 6.92 Å². The van der Waals surface area contributed by atoms with Crippen LogP contribution in [-0.2, 0) is 10.0 Å². The van der Waals surface area contributed by atoms with Crippen molar-refractivity contribution in [3.63, 3.8) is 0 Å². The van der Waals surface area contributed by atoms with E-state index in [2.05, 4.69) is 10.3 Å². The van der Waals surface area contributed by atoms with Gasteiger partial charge in [-0.25, -0.2) is 17.8 Å². The fourth-order valence-corrected chi connectivity index (χ4v) is 6.40. The summed E-state index contributed by atoms with van der Waals surface area (Å²) in [5.41, 5.74) is 5.70. The molecule has 10 heteroatoms. The first-order valence-corrected chi connectivity index (χ1v) is 15.7. The van der Waals surface area contributed by atoms with Gasteiger partial charge in [-0.05, 0) is 42.8 Å². The van der Waals surface area contributed by atoms with Crippen LogP contribution in [0.4, 0.5) is 10.1 Å². The second-order valence-electron chi connectivity index (χ2n) is 10.1. The van der Waals surface area contributed by atoms with Gasteiger partial charge in [-0.15, -0.1) is 11.3 Å². The lowest BCUT2D eigenvalue weighted by Gasteiger charge is -2.21. The van der Waals surface area contributed by atoms with Crippen molar-refractivity contribution < 1.29 is 22.0 Å². The fraction of sp³-hybridized carbons (Fsp3) is 0.125. The Bertz CT molecular complexity index is 2120. The molecule has 0 spiro atoms. The van der Waals surface area contributed by atoms with Crippen LogP contribution >= 0.6 is 11.3 Å². The van der Waals surface area contributed by atoms with Gasteiger partial charge in [0, 0.05) is 42.2 Å². The third-order valence-electron chi connectivity index (χ3n) is 7.18. The molecule has 2 aromatic heterocycles. The van der Waals surface area contributed by atoms with Crippen molar-refractivity contribution in [1.82, 2.24) is 10.3 Å². The van der Waals surface area contributed by atoms with Crippen LogP contribution < -0.4 is 9.62 Å². The highest BCUT2D eigenvalue weighted by Crippen LogP contribution is 2.42. The van der Waals surface area contributed by atoms with Crippen LogP contribution in [0.15, 0.2) is 83.3 Å². The van der Waals surface area contributed by atoms with E-state index in [9.17, 15) is 17.6 Å². The number of aryl methyl sites for hydroxylation is 1. The highest BCUT2D eigenvalue weighted by Gasteiger charge is 2.26. The zero-order valence-corrected chi connectivity index (χ0v) is 24.9. The van der Waals surface area contributed by atoms with E-state index in [0.29, 0.717) is 49.6 Å². The molecule has 212 valence electrons. The number of rotatable bonds is 6. The Morgan fingerprint density at radius 3 is 2.43 bits per heavy atom. The predicted octanol–water partition coefficient (Wildman–Crippen LogP) is 7.25. The number of thiazole rings is 1. The van der Waals surface area contributed by atoms with Crippen molar-refractivity contribution in [3.05, 3.63) is 95.8 Å². The number of carbonyl (C=O) groups excluding carboxylic acids is 1. The molecular formula is C32H26FN3O4S2. The number of sulfonamides is 1. The van der Waals surface area contributed by atoms with Gasteiger partial charge in [0.2, 0.25) is 10.0 Å². The van der Waals surface area contributed by atoms with Crippen LogP contribution in [0.5, 0.6) is 0 Å². The molecule has 1 N–H and O–H groups in total. The molecule has 42 heavy (non-hydrogen) atoms. The highest BCUT2D eigenvalue weighted by molar-refractivity contribution is 7.92. The minimum atomic E-state index is -3.65. The molecule has 0 aliphatic heterocycles. The Balaban J connectivity index is 1.60. The van der Waals surface area contributed by atoms with E-state index in [-0.39, 0.29) is 11.7 Å². The van der Waals surface area contributed by atoms with Crippen LogP contribution in [0.25, 0.3) is 54.2 Å². The van der Waals surface area contributed by atoms with Crippen LogP contribution in [0.2, 0.25) is 0 Å². The van der Waals surface area contributed by atoms with Gasteiger partial charge in [0.15, 0.2) is 0 Å². The average Bonchev–Trinajstić information content (AvgIpc) is 3.56. The van der Waals surface area contributed by atoms with Crippen molar-refractivity contribution >= 4 is 54.1 Å². The maximum Gasteiger partial charge on any atom is 0.255 e. The summed E-state index contributed by atoms with van der Waals surface area (Å²) in [6.07, 6.45) is 1.13. The molecule has 0 aliphatic rings. The summed E-state index contributed by atoms with van der Waals surface area (Å²) in [6.45, 7) is 1.97. The number of hydrogen-bond donors (Lipinski definition) is 1. The summed E-state index contributed by atoms with van der Waals surface area (Å²) in [5.74, 6) is -0.259. The summed E-state index contributed by atoms with van der Waals surface area (Å²) in [7, 11) is -0.616. The lowest BCUT2D eigenvalue weighted by atomic mass is 9.97. The molecular weight excluding hydrogens is 574 g/mol. The smallest absolute Gasteiger partial charge is 0.255 e. The number of furan rings is 1. The van der Waals surface area contributed by atoms with Crippen LogP contribution in [0, 0.1) is 12.7 Å². The minimum Gasteiger partial charge on any atom is -0.455 e. The van der Waals surface area contributed by atoms with Gasteiger partial charge >= 0.3 is 0 Å². The van der Waals surface area contributed by atoms with Gasteiger partial charge in [-0.1, -0.05) is 48.0 Å². The quantitative estimate of drug-likeness (QED) is 0.218. The molecule has 6 rings (SSSR count). The zero-order valence-electron chi connectivity index (χ0n) is 23.2. The number of hydrogen-bond acceptors (Lipinski definition) is 6. The first kappa shape index (κ1) is 27.6. The Morgan fingerprint density at radius 2 is 1.71 bits per heavy atom. The summed E-state index contributed by atoms with van der Waals surface area (Å²) < 4.78 is 47.5. The minimum absolute atomic E-state index is 0.324. The van der Waals surface area contributed by atoms with Gasteiger partial charge in [-0.2, -0.15) is 0 Å². The van der Waals surface area contributed by atoms with Gasteiger partial charge in [0.25, 0.3) is 5.91 Å². The standard InChI is InChI=1S/C32H26FN3O4S2/c1-18-8-10-19(11-9-18)30-29(31(37)34-2)24-16-23(26(17-27(24)40-30)36(3)42(4,38)39)20-6-5-7-21(14-20)32-35-25-13-12-22(33)15-28(25)41-32/h5-17H,1-4H3,(H,34,37). The van der Waals surface area contributed by atoms with Crippen LogP contribution in [0.3, 0.4) is 0 Å². The Kier molecular flexibility index (Phi) is 6.83. The van der Waals surface area contributed by atoms with E-state index in [1.807, 2.05) is 55.5 Å². The number of benzene rings is 4. The monoisotopic (exact) mass is 599 g/mol. The molecule has 0 aliphatic carbocycles. The maximum atomic E-state index is 13.8. The fourth-order valence-electron chi connectivity index (χ4n) is 4.90. The largest absolute Gasteiger partial charge is 0.455 e. The average molecular weight is 600 g/mol. The van der Waals surface area contributed by atoms with Gasteiger partial charge in [0.05, 0.1) is 27.7 Å². The molecule has 1 amide bonds. The van der Waals surface area contributed by atoms with Crippen LogP contribution in [-0.4, -0.2) is 39.7 Å². The Labute approximate surface area is 246 Å². The topological polar surface area (TPSA) is 92.5 Å². The van der Waals surface area contributed by atoms with Gasteiger partial charge in [0.1, 0.15) is 22.2 Å². The van der Waals surface area contributed by atoms with Crippen molar-refractivity contribution in [3.8, 4) is 33.0 Å². The van der Waals surface area contributed by atoms with E-state index in [1.165, 1.54) is 34.8 Å². The molecule has 0 unspecified atom stereocenters. The summed E-state index contributed by atoms with van der Waals surface area (Å²) in [4.78, 5) is 17.9. The number of anilines is 1. The van der Waals surface area contributed by atoms with E-state index in [4.69, 9.17) is 4.42 Å². The van der Waals surface area contributed by atoms with Crippen molar-refractivity contribution in [2.75, 3.05) is 24.7 Å². The Morgan fingerprint density at radius 1 is 0.976 bits per heavy atom. The summed E-state index contributed by atoms with van der Waals surface area (Å²) in [5, 5.41) is 3.96. The van der Waals surface area contributed by atoms with E-state index >= 15 is 0 Å². The summed E-state index contributed by atoms with van der Waals surface area (Å²) >= 11 is 1.37. The number of aromatic nitrogens is 1. The van der Waals surface area contributed by atoms with Gasteiger partial charge in [-0.3, -0.25) is 9.10 Å². The molecule has 7 nitrogen and oxygen atoms in total. The third kappa shape index (κ3) is 4.93. The molecule has 0 saturated carbocycles. The lowest BCUT2D eigenvalue weighted by molar-refractivity contribution is 0.0964. The first-order valence-electron chi connectivity index (χ1n) is 13.0. The Hall–Kier alpha value is -4.54. The molecule has 0 fully saturated rings. The van der Waals surface area contributed by atoms with Crippen molar-refractivity contribution in [2.24, 2.45) is 0 Å². The van der Waals surface area contributed by atoms with Crippen molar-refractivity contribution in [1.29, 1.82) is 0 Å². The maximum absolute atomic E-state index is 13.8. The second kappa shape index (κ2) is 10.4. The number of carbonyl (C=O) groups is 1. The molecule has 6 aromatic rings. The molecule has 4 aromatic carbocycles. The van der Waals surface area contributed by atoms with E-state index in [1.54, 1.807) is 25.2 Å². The number of halogens is 1. The first-order chi connectivity index (χ1) is 20.0. The lowest BCUT2D eigenvalue weighted by Crippen LogP contribution is -2.25. The van der Waals surface area contributed by atoms with Crippen LogP contribution in [0.1, 0.15) is 15.9 Å². The molecule has 2 heterocycles. The molecule has 0 radical (unpaired) electrons. The normalized spacial score (nSPS) is 11.7. The number of fused-ring (bicyclic) bond motifs is 2. The highest BCUT2D eigenvalue weighted by atomic mass is 32.2. The van der Waals surface area contributed by atoms with Gasteiger partial charge < -0.3 is 9.73 Å². The predicted molar refractivity (Wildman–Crippen MR) is 167 cm³/mol.